The molecule has 0 fully saturated rings. The molecule has 1 atom stereocenters. The van der Waals surface area contributed by atoms with E-state index in [0.29, 0.717) is 16.7 Å². The third kappa shape index (κ3) is 2.11. The van der Waals surface area contributed by atoms with Gasteiger partial charge >= 0.3 is 5.76 Å². The van der Waals surface area contributed by atoms with Crippen LogP contribution in [0.15, 0.2) is 45.6 Å². The van der Waals surface area contributed by atoms with E-state index in [0.717, 1.165) is 0 Å². The molecule has 2 aromatic carbocycles. The molecule has 0 aliphatic rings. The van der Waals surface area contributed by atoms with E-state index in [4.69, 9.17) is 16.0 Å². The number of oxazole rings is 1. The minimum atomic E-state index is -1.11. The van der Waals surface area contributed by atoms with Crippen molar-refractivity contribution in [1.82, 2.24) is 4.98 Å². The number of aromatic amines is 1. The van der Waals surface area contributed by atoms with Crippen molar-refractivity contribution in [1.29, 1.82) is 0 Å². The van der Waals surface area contributed by atoms with Crippen molar-refractivity contribution in [2.24, 2.45) is 0 Å². The van der Waals surface area contributed by atoms with Gasteiger partial charge in [0.25, 0.3) is 0 Å². The Balaban J connectivity index is 2.09. The highest BCUT2D eigenvalue weighted by Crippen LogP contribution is 2.30. The lowest BCUT2D eigenvalue weighted by Crippen LogP contribution is -2.01. The maximum absolute atomic E-state index is 13.4. The zero-order valence-corrected chi connectivity index (χ0v) is 10.8. The number of aromatic nitrogens is 1. The summed E-state index contributed by atoms with van der Waals surface area (Å²) in [6.07, 6.45) is -1.11. The van der Waals surface area contributed by atoms with Gasteiger partial charge in [0.1, 0.15) is 11.9 Å². The Bertz CT molecular complexity index is 840. The summed E-state index contributed by atoms with van der Waals surface area (Å²) in [6, 6.07) is 8.94. The number of fused-ring (bicyclic) bond motifs is 1. The molecule has 102 valence electrons. The molecule has 0 radical (unpaired) electrons. The number of hydrogen-bond acceptors (Lipinski definition) is 3. The zero-order valence-electron chi connectivity index (χ0n) is 10.1. The molecular weight excluding hydrogens is 285 g/mol. The van der Waals surface area contributed by atoms with Crippen LogP contribution in [0.2, 0.25) is 5.02 Å². The van der Waals surface area contributed by atoms with Gasteiger partial charge in [-0.2, -0.15) is 0 Å². The molecular formula is C14H9ClFNO3. The van der Waals surface area contributed by atoms with Crippen molar-refractivity contribution < 1.29 is 13.9 Å². The van der Waals surface area contributed by atoms with Crippen LogP contribution in [0.1, 0.15) is 17.2 Å². The second-order valence-electron chi connectivity index (χ2n) is 4.32. The highest BCUT2D eigenvalue weighted by atomic mass is 35.5. The average Bonchev–Trinajstić information content (AvgIpc) is 2.80. The smallest absolute Gasteiger partial charge is 0.408 e. The standard InChI is InChI=1S/C14H9ClFNO3/c15-12-8(2-1-3-9(12)16)13(18)7-4-5-10-11(6-7)20-14(19)17-10/h1-6,13,18H,(H,17,19). The van der Waals surface area contributed by atoms with Crippen molar-refractivity contribution in [2.75, 3.05) is 0 Å². The molecule has 1 aromatic heterocycles. The van der Waals surface area contributed by atoms with Crippen molar-refractivity contribution in [2.45, 2.75) is 6.10 Å². The van der Waals surface area contributed by atoms with E-state index in [1.54, 1.807) is 12.1 Å². The van der Waals surface area contributed by atoms with E-state index in [1.807, 2.05) is 0 Å². The van der Waals surface area contributed by atoms with Crippen LogP contribution >= 0.6 is 11.6 Å². The minimum absolute atomic E-state index is 0.129. The summed E-state index contributed by atoms with van der Waals surface area (Å²) in [5, 5.41) is 10.2. The van der Waals surface area contributed by atoms with Crippen LogP contribution < -0.4 is 5.76 Å². The second-order valence-corrected chi connectivity index (χ2v) is 4.69. The highest BCUT2D eigenvalue weighted by Gasteiger charge is 2.17. The monoisotopic (exact) mass is 293 g/mol. The fraction of sp³-hybridized carbons (Fsp3) is 0.0714. The minimum Gasteiger partial charge on any atom is -0.408 e. The van der Waals surface area contributed by atoms with Crippen LogP contribution in [-0.2, 0) is 0 Å². The zero-order chi connectivity index (χ0) is 14.3. The van der Waals surface area contributed by atoms with Crippen LogP contribution in [0.5, 0.6) is 0 Å². The maximum Gasteiger partial charge on any atom is 0.417 e. The van der Waals surface area contributed by atoms with Gasteiger partial charge in [-0.15, -0.1) is 0 Å². The predicted octanol–water partition coefficient (Wildman–Crippen LogP) is 3.00. The van der Waals surface area contributed by atoms with Gasteiger partial charge in [0, 0.05) is 5.56 Å². The Morgan fingerprint density at radius 2 is 2.10 bits per heavy atom. The number of aliphatic hydroxyl groups excluding tert-OH is 1. The first-order valence-corrected chi connectivity index (χ1v) is 6.19. The van der Waals surface area contributed by atoms with Gasteiger partial charge in [-0.3, -0.25) is 4.98 Å². The summed E-state index contributed by atoms with van der Waals surface area (Å²) in [5.41, 5.74) is 1.55. The molecule has 0 aliphatic heterocycles. The molecule has 3 rings (SSSR count). The molecule has 0 spiro atoms. The lowest BCUT2D eigenvalue weighted by Gasteiger charge is -2.13. The first-order chi connectivity index (χ1) is 9.56. The fourth-order valence-electron chi connectivity index (χ4n) is 2.04. The van der Waals surface area contributed by atoms with Crippen molar-refractivity contribution in [3.63, 3.8) is 0 Å². The number of H-pyrrole nitrogens is 1. The molecule has 6 heteroatoms. The van der Waals surface area contributed by atoms with Gasteiger partial charge in [0.2, 0.25) is 0 Å². The van der Waals surface area contributed by atoms with Crippen molar-refractivity contribution in [3.8, 4) is 0 Å². The first kappa shape index (κ1) is 12.9. The normalized spacial score (nSPS) is 12.8. The third-order valence-corrected chi connectivity index (χ3v) is 3.44. The molecule has 3 aromatic rings. The van der Waals surface area contributed by atoms with E-state index >= 15 is 0 Å². The number of aliphatic hydroxyl groups is 1. The maximum atomic E-state index is 13.4. The van der Waals surface area contributed by atoms with E-state index in [-0.39, 0.29) is 10.6 Å². The molecule has 2 N–H and O–H groups in total. The van der Waals surface area contributed by atoms with Gasteiger partial charge in [-0.1, -0.05) is 29.8 Å². The molecule has 0 bridgehead atoms. The topological polar surface area (TPSA) is 66.2 Å². The summed E-state index contributed by atoms with van der Waals surface area (Å²) >= 11 is 5.85. The molecule has 1 heterocycles. The largest absolute Gasteiger partial charge is 0.417 e. The van der Waals surface area contributed by atoms with Crippen LogP contribution in [0.4, 0.5) is 4.39 Å². The Morgan fingerprint density at radius 1 is 1.30 bits per heavy atom. The number of benzene rings is 2. The van der Waals surface area contributed by atoms with Crippen LogP contribution in [0, 0.1) is 5.82 Å². The summed E-state index contributed by atoms with van der Waals surface area (Å²) in [7, 11) is 0. The third-order valence-electron chi connectivity index (χ3n) is 3.04. The fourth-order valence-corrected chi connectivity index (χ4v) is 2.27. The number of halogens is 2. The Morgan fingerprint density at radius 3 is 2.90 bits per heavy atom. The second kappa shape index (κ2) is 4.77. The van der Waals surface area contributed by atoms with Crippen LogP contribution in [0.25, 0.3) is 11.1 Å². The lowest BCUT2D eigenvalue weighted by molar-refractivity contribution is 0.220. The van der Waals surface area contributed by atoms with Crippen LogP contribution in [0.3, 0.4) is 0 Å². The summed E-state index contributed by atoms with van der Waals surface area (Å²) < 4.78 is 18.3. The van der Waals surface area contributed by atoms with Gasteiger partial charge in [0.05, 0.1) is 10.5 Å². The Labute approximate surface area is 117 Å². The summed E-state index contributed by atoms with van der Waals surface area (Å²) in [4.78, 5) is 13.6. The quantitative estimate of drug-likeness (QED) is 0.763. The SMILES string of the molecule is O=c1[nH]c2ccc(C(O)c3cccc(F)c3Cl)cc2o1. The van der Waals surface area contributed by atoms with E-state index in [1.165, 1.54) is 24.3 Å². The van der Waals surface area contributed by atoms with Crippen molar-refractivity contribution in [3.05, 3.63) is 68.9 Å². The first-order valence-electron chi connectivity index (χ1n) is 5.81. The molecule has 0 amide bonds. The summed E-state index contributed by atoms with van der Waals surface area (Å²) in [5.74, 6) is -1.17. The van der Waals surface area contributed by atoms with Gasteiger partial charge in [-0.05, 0) is 23.8 Å². The molecule has 1 unspecified atom stereocenters. The van der Waals surface area contributed by atoms with Gasteiger partial charge in [-0.25, -0.2) is 9.18 Å². The molecule has 0 saturated heterocycles. The number of nitrogens with one attached hydrogen (secondary N) is 1. The number of rotatable bonds is 2. The Hall–Kier alpha value is -2.11. The van der Waals surface area contributed by atoms with E-state index < -0.39 is 17.7 Å². The van der Waals surface area contributed by atoms with Crippen LogP contribution in [-0.4, -0.2) is 10.1 Å². The predicted molar refractivity (Wildman–Crippen MR) is 72.3 cm³/mol. The molecule has 0 saturated carbocycles. The van der Waals surface area contributed by atoms with Gasteiger partial charge < -0.3 is 9.52 Å². The van der Waals surface area contributed by atoms with Crippen molar-refractivity contribution >= 4 is 22.7 Å². The molecule has 4 nitrogen and oxygen atoms in total. The van der Waals surface area contributed by atoms with E-state index in [2.05, 4.69) is 4.98 Å². The van der Waals surface area contributed by atoms with E-state index in [9.17, 15) is 14.3 Å². The Kier molecular flexibility index (Phi) is 3.08. The average molecular weight is 294 g/mol. The lowest BCUT2D eigenvalue weighted by atomic mass is 10.0. The highest BCUT2D eigenvalue weighted by molar-refractivity contribution is 6.31. The molecule has 0 aliphatic carbocycles. The summed E-state index contributed by atoms with van der Waals surface area (Å²) in [6.45, 7) is 0. The molecule has 20 heavy (non-hydrogen) atoms. The number of hydrogen-bond donors (Lipinski definition) is 2. The van der Waals surface area contributed by atoms with Gasteiger partial charge in [0.15, 0.2) is 5.58 Å².